The van der Waals surface area contributed by atoms with Crippen LogP contribution in [0.5, 0.6) is 11.5 Å². The van der Waals surface area contributed by atoms with E-state index in [1.54, 1.807) is 0 Å². The zero-order chi connectivity index (χ0) is 22.8. The summed E-state index contributed by atoms with van der Waals surface area (Å²) in [6.45, 7) is 5.70. The molecule has 0 aliphatic carbocycles. The molecule has 31 heavy (non-hydrogen) atoms. The number of hydrogen-bond acceptors (Lipinski definition) is 6. The van der Waals surface area contributed by atoms with Gasteiger partial charge in [-0.2, -0.15) is 0 Å². The molecule has 2 heterocycles. The maximum absolute atomic E-state index is 12.6. The Morgan fingerprint density at radius 3 is 2.32 bits per heavy atom. The number of ether oxygens (including phenoxy) is 1. The summed E-state index contributed by atoms with van der Waals surface area (Å²) in [5, 5.41) is 11.0. The number of pyridine rings is 1. The second-order valence-corrected chi connectivity index (χ2v) is 8.13. The van der Waals surface area contributed by atoms with E-state index < -0.39 is 17.7 Å². The zero-order valence-corrected chi connectivity index (χ0v) is 17.9. The van der Waals surface area contributed by atoms with Crippen molar-refractivity contribution in [2.75, 3.05) is 5.75 Å². The first-order valence-electron chi connectivity index (χ1n) is 9.32. The van der Waals surface area contributed by atoms with Crippen LogP contribution in [0.1, 0.15) is 22.5 Å². The van der Waals surface area contributed by atoms with Gasteiger partial charge in [-0.3, -0.25) is 0 Å². The number of nitrogens with zero attached hydrogens (tertiary/aromatic N) is 1. The molecular formula is C22H20F3NO4S. The fraction of sp³-hybridized carbons (Fsp3) is 0.273. The predicted octanol–water partition coefficient (Wildman–Crippen LogP) is 5.57. The Morgan fingerprint density at radius 1 is 1.10 bits per heavy atom. The molecule has 0 spiro atoms. The van der Waals surface area contributed by atoms with Crippen LogP contribution in [0.15, 0.2) is 50.8 Å². The standard InChI is InChI=1S/C22H20F3NO4S/c1-12-8-13(2)19(14(3)9-12)20-17(27)10-15(29-21(20)28)6-7-31-18-5-4-16(11-26-18)30-22(23,24)25/h4-5,8-11,27H,6-7H2,1-3H3. The van der Waals surface area contributed by atoms with Crippen molar-refractivity contribution in [2.45, 2.75) is 38.6 Å². The second kappa shape index (κ2) is 9.05. The van der Waals surface area contributed by atoms with E-state index in [2.05, 4.69) is 9.72 Å². The first kappa shape index (κ1) is 22.7. The highest BCUT2D eigenvalue weighted by Gasteiger charge is 2.31. The number of alkyl halides is 3. The molecule has 0 radical (unpaired) electrons. The number of benzene rings is 1. The van der Waals surface area contributed by atoms with Gasteiger partial charge < -0.3 is 14.3 Å². The van der Waals surface area contributed by atoms with Gasteiger partial charge in [0.25, 0.3) is 0 Å². The van der Waals surface area contributed by atoms with Gasteiger partial charge >= 0.3 is 12.0 Å². The van der Waals surface area contributed by atoms with Crippen LogP contribution in [0.25, 0.3) is 11.1 Å². The lowest BCUT2D eigenvalue weighted by Crippen LogP contribution is -2.17. The van der Waals surface area contributed by atoms with Gasteiger partial charge in [0.1, 0.15) is 22.8 Å². The van der Waals surface area contributed by atoms with Crippen molar-refractivity contribution in [2.24, 2.45) is 0 Å². The molecule has 0 amide bonds. The number of halogens is 3. The first-order valence-corrected chi connectivity index (χ1v) is 10.3. The van der Waals surface area contributed by atoms with Gasteiger partial charge in [-0.05, 0) is 49.6 Å². The van der Waals surface area contributed by atoms with E-state index in [9.17, 15) is 23.1 Å². The number of thioether (sulfide) groups is 1. The molecule has 2 aromatic heterocycles. The lowest BCUT2D eigenvalue weighted by molar-refractivity contribution is -0.274. The maximum Gasteiger partial charge on any atom is 0.573 e. The van der Waals surface area contributed by atoms with Crippen LogP contribution in [-0.4, -0.2) is 22.2 Å². The number of aromatic hydroxyl groups is 1. The number of rotatable bonds is 6. The predicted molar refractivity (Wildman–Crippen MR) is 112 cm³/mol. The highest BCUT2D eigenvalue weighted by molar-refractivity contribution is 7.99. The minimum Gasteiger partial charge on any atom is -0.507 e. The van der Waals surface area contributed by atoms with Crippen LogP contribution in [0, 0.1) is 20.8 Å². The topological polar surface area (TPSA) is 72.6 Å². The minimum atomic E-state index is -4.77. The maximum atomic E-state index is 12.6. The summed E-state index contributed by atoms with van der Waals surface area (Å²) in [7, 11) is 0. The molecular weight excluding hydrogens is 431 g/mol. The molecule has 1 N–H and O–H groups in total. The van der Waals surface area contributed by atoms with Gasteiger partial charge in [0.15, 0.2) is 0 Å². The summed E-state index contributed by atoms with van der Waals surface area (Å²) in [6.07, 6.45) is -3.46. The van der Waals surface area contributed by atoms with Crippen molar-refractivity contribution in [1.29, 1.82) is 0 Å². The Kier molecular flexibility index (Phi) is 6.64. The number of aromatic nitrogens is 1. The number of aryl methyl sites for hydroxylation is 4. The molecule has 0 unspecified atom stereocenters. The van der Waals surface area contributed by atoms with Crippen molar-refractivity contribution >= 4 is 11.8 Å². The van der Waals surface area contributed by atoms with E-state index in [-0.39, 0.29) is 11.3 Å². The zero-order valence-electron chi connectivity index (χ0n) is 17.0. The Labute approximate surface area is 180 Å². The molecule has 0 saturated heterocycles. The largest absolute Gasteiger partial charge is 0.573 e. The van der Waals surface area contributed by atoms with Gasteiger partial charge in [0.05, 0.1) is 11.2 Å². The van der Waals surface area contributed by atoms with Crippen LogP contribution in [0.4, 0.5) is 13.2 Å². The molecule has 0 aliphatic heterocycles. The van der Waals surface area contributed by atoms with E-state index in [4.69, 9.17) is 4.42 Å². The third kappa shape index (κ3) is 5.81. The summed E-state index contributed by atoms with van der Waals surface area (Å²) in [4.78, 5) is 16.5. The van der Waals surface area contributed by atoms with Crippen molar-refractivity contribution in [3.63, 3.8) is 0 Å². The summed E-state index contributed by atoms with van der Waals surface area (Å²) in [5.74, 6) is 0.192. The van der Waals surface area contributed by atoms with E-state index in [0.717, 1.165) is 22.9 Å². The molecule has 0 fully saturated rings. The van der Waals surface area contributed by atoms with E-state index >= 15 is 0 Å². The Hall–Kier alpha value is -2.94. The molecule has 3 rings (SSSR count). The van der Waals surface area contributed by atoms with E-state index in [0.29, 0.717) is 28.5 Å². The van der Waals surface area contributed by atoms with Crippen LogP contribution < -0.4 is 10.4 Å². The average molecular weight is 451 g/mol. The molecule has 9 heteroatoms. The Balaban J connectivity index is 1.70. The summed E-state index contributed by atoms with van der Waals surface area (Å²) in [6, 6.07) is 7.87. The molecule has 0 aliphatic rings. The third-order valence-corrected chi connectivity index (χ3v) is 5.40. The van der Waals surface area contributed by atoms with Crippen LogP contribution in [0.2, 0.25) is 0 Å². The van der Waals surface area contributed by atoms with Crippen molar-refractivity contribution in [3.05, 3.63) is 69.4 Å². The van der Waals surface area contributed by atoms with Gasteiger partial charge in [0.2, 0.25) is 0 Å². The molecule has 0 bridgehead atoms. The normalized spacial score (nSPS) is 11.5. The van der Waals surface area contributed by atoms with Crippen LogP contribution >= 0.6 is 11.8 Å². The lowest BCUT2D eigenvalue weighted by Gasteiger charge is -2.12. The Morgan fingerprint density at radius 2 is 1.77 bits per heavy atom. The minimum absolute atomic E-state index is 0.133. The highest BCUT2D eigenvalue weighted by Crippen LogP contribution is 2.33. The smallest absolute Gasteiger partial charge is 0.507 e. The van der Waals surface area contributed by atoms with Gasteiger partial charge in [-0.25, -0.2) is 9.78 Å². The molecule has 3 aromatic rings. The van der Waals surface area contributed by atoms with Crippen LogP contribution in [0.3, 0.4) is 0 Å². The first-order chi connectivity index (χ1) is 14.5. The summed E-state index contributed by atoms with van der Waals surface area (Å²) < 4.78 is 45.7. The number of hydrogen-bond donors (Lipinski definition) is 1. The van der Waals surface area contributed by atoms with Crippen molar-refractivity contribution in [1.82, 2.24) is 4.98 Å². The van der Waals surface area contributed by atoms with Crippen molar-refractivity contribution in [3.8, 4) is 22.6 Å². The molecule has 0 atom stereocenters. The Bertz CT molecular complexity index is 1120. The third-order valence-electron chi connectivity index (χ3n) is 4.45. The fourth-order valence-corrected chi connectivity index (χ4v) is 4.16. The lowest BCUT2D eigenvalue weighted by atomic mass is 9.94. The van der Waals surface area contributed by atoms with Gasteiger partial charge in [-0.15, -0.1) is 24.9 Å². The average Bonchev–Trinajstić information content (AvgIpc) is 2.63. The van der Waals surface area contributed by atoms with Crippen LogP contribution in [-0.2, 0) is 6.42 Å². The molecule has 1 aromatic carbocycles. The second-order valence-electron chi connectivity index (χ2n) is 7.01. The highest BCUT2D eigenvalue weighted by atomic mass is 32.2. The van der Waals surface area contributed by atoms with E-state index in [1.165, 1.54) is 30.0 Å². The molecule has 164 valence electrons. The van der Waals surface area contributed by atoms with Gasteiger partial charge in [-0.1, -0.05) is 17.7 Å². The summed E-state index contributed by atoms with van der Waals surface area (Å²) >= 11 is 1.27. The van der Waals surface area contributed by atoms with Gasteiger partial charge in [0, 0.05) is 18.2 Å². The quantitative estimate of drug-likeness (QED) is 0.495. The fourth-order valence-electron chi connectivity index (χ4n) is 3.36. The van der Waals surface area contributed by atoms with E-state index in [1.807, 2.05) is 32.9 Å². The monoisotopic (exact) mass is 451 g/mol. The van der Waals surface area contributed by atoms with Crippen molar-refractivity contribution < 1.29 is 27.4 Å². The molecule has 5 nitrogen and oxygen atoms in total. The molecule has 0 saturated carbocycles. The SMILES string of the molecule is Cc1cc(C)c(-c2c(O)cc(CCSc3ccc(OC(F)(F)F)cn3)oc2=O)c(C)c1. The summed E-state index contributed by atoms with van der Waals surface area (Å²) in [5.41, 5.74) is 2.96.